The van der Waals surface area contributed by atoms with Gasteiger partial charge in [0.2, 0.25) is 0 Å². The fraction of sp³-hybridized carbons (Fsp3) is 0.500. The van der Waals surface area contributed by atoms with Crippen LogP contribution in [0.1, 0.15) is 29.6 Å². The third kappa shape index (κ3) is 4.21. The second kappa shape index (κ2) is 6.91. The number of nitrogen functional groups attached to an aromatic ring is 1. The van der Waals surface area contributed by atoms with Crippen LogP contribution in [-0.2, 0) is 0 Å². The largest absolute Gasteiger partial charge is 0.398 e. The van der Waals surface area contributed by atoms with Crippen molar-refractivity contribution >= 4 is 27.5 Å². The molecule has 1 aromatic carbocycles. The van der Waals surface area contributed by atoms with Gasteiger partial charge < -0.3 is 16.0 Å². The third-order valence-corrected chi connectivity index (χ3v) is 3.91. The highest BCUT2D eigenvalue weighted by Gasteiger charge is 2.12. The van der Waals surface area contributed by atoms with Gasteiger partial charge >= 0.3 is 0 Å². The molecule has 0 saturated carbocycles. The smallest absolute Gasteiger partial charge is 0.253 e. The number of nitrogens with zero attached hydrogens (tertiary/aromatic N) is 1. The van der Waals surface area contributed by atoms with Crippen LogP contribution >= 0.6 is 15.9 Å². The summed E-state index contributed by atoms with van der Waals surface area (Å²) in [7, 11) is 0. The number of piperidine rings is 1. The lowest BCUT2D eigenvalue weighted by atomic mass is 10.1. The van der Waals surface area contributed by atoms with Crippen molar-refractivity contribution in [2.75, 3.05) is 31.9 Å². The Balaban J connectivity index is 1.80. The van der Waals surface area contributed by atoms with Gasteiger partial charge in [0.15, 0.2) is 0 Å². The number of halogens is 1. The molecule has 0 unspecified atom stereocenters. The summed E-state index contributed by atoms with van der Waals surface area (Å²) >= 11 is 3.33. The molecule has 104 valence electrons. The van der Waals surface area contributed by atoms with Gasteiger partial charge in [0.25, 0.3) is 5.91 Å². The number of hydrogen-bond donors (Lipinski definition) is 2. The first-order valence-electron chi connectivity index (χ1n) is 6.72. The van der Waals surface area contributed by atoms with Crippen molar-refractivity contribution in [1.82, 2.24) is 10.2 Å². The van der Waals surface area contributed by atoms with E-state index >= 15 is 0 Å². The molecule has 0 aliphatic carbocycles. The lowest BCUT2D eigenvalue weighted by Crippen LogP contribution is -2.37. The monoisotopic (exact) mass is 325 g/mol. The molecule has 0 bridgehead atoms. The van der Waals surface area contributed by atoms with Gasteiger partial charge in [0.05, 0.1) is 5.56 Å². The molecule has 0 radical (unpaired) electrons. The van der Waals surface area contributed by atoms with Gasteiger partial charge in [-0.15, -0.1) is 0 Å². The summed E-state index contributed by atoms with van der Waals surface area (Å²) in [6.07, 6.45) is 3.87. The molecule has 5 heteroatoms. The van der Waals surface area contributed by atoms with Crippen LogP contribution in [-0.4, -0.2) is 37.0 Å². The summed E-state index contributed by atoms with van der Waals surface area (Å²) in [6.45, 7) is 3.89. The Labute approximate surface area is 122 Å². The molecule has 1 saturated heterocycles. The fourth-order valence-electron chi connectivity index (χ4n) is 2.35. The van der Waals surface area contributed by atoms with Crippen molar-refractivity contribution in [3.05, 3.63) is 28.2 Å². The highest BCUT2D eigenvalue weighted by atomic mass is 79.9. The van der Waals surface area contributed by atoms with Crippen LogP contribution in [0.15, 0.2) is 22.7 Å². The lowest BCUT2D eigenvalue weighted by Gasteiger charge is -2.26. The predicted molar refractivity (Wildman–Crippen MR) is 81.2 cm³/mol. The van der Waals surface area contributed by atoms with E-state index in [1.54, 1.807) is 12.1 Å². The summed E-state index contributed by atoms with van der Waals surface area (Å²) in [5.74, 6) is -0.0954. The number of amides is 1. The number of benzene rings is 1. The summed E-state index contributed by atoms with van der Waals surface area (Å²) in [6, 6.07) is 5.32. The Morgan fingerprint density at radius 2 is 2.05 bits per heavy atom. The third-order valence-electron chi connectivity index (χ3n) is 3.42. The first kappa shape index (κ1) is 14.3. The van der Waals surface area contributed by atoms with Crippen molar-refractivity contribution in [3.8, 4) is 0 Å². The quantitative estimate of drug-likeness (QED) is 0.835. The van der Waals surface area contributed by atoms with Crippen molar-refractivity contribution in [2.24, 2.45) is 0 Å². The van der Waals surface area contributed by atoms with Gasteiger partial charge in [-0.1, -0.05) is 22.4 Å². The number of carbonyl (C=O) groups is 1. The summed E-state index contributed by atoms with van der Waals surface area (Å²) < 4.78 is 0.884. The molecule has 2 rings (SSSR count). The normalized spacial score (nSPS) is 16.3. The molecule has 1 heterocycles. The summed E-state index contributed by atoms with van der Waals surface area (Å²) in [5.41, 5.74) is 6.88. The number of carbonyl (C=O) groups excluding carboxylic acids is 1. The van der Waals surface area contributed by atoms with E-state index in [4.69, 9.17) is 5.73 Å². The molecule has 1 amide bonds. The Kier molecular flexibility index (Phi) is 5.22. The Morgan fingerprint density at radius 3 is 2.74 bits per heavy atom. The Morgan fingerprint density at radius 1 is 1.32 bits per heavy atom. The van der Waals surface area contributed by atoms with Gasteiger partial charge in [0, 0.05) is 23.2 Å². The maximum atomic E-state index is 12.0. The van der Waals surface area contributed by atoms with E-state index in [1.165, 1.54) is 19.3 Å². The average Bonchev–Trinajstić information content (AvgIpc) is 2.39. The first-order valence-corrected chi connectivity index (χ1v) is 7.52. The number of rotatable bonds is 4. The van der Waals surface area contributed by atoms with E-state index in [0.717, 1.165) is 24.1 Å². The van der Waals surface area contributed by atoms with E-state index in [0.29, 0.717) is 17.8 Å². The number of nitrogens with one attached hydrogen (secondary N) is 1. The molecule has 0 atom stereocenters. The molecular formula is C14H20BrN3O. The Bertz CT molecular complexity index is 444. The first-order chi connectivity index (χ1) is 9.16. The van der Waals surface area contributed by atoms with Crippen molar-refractivity contribution in [3.63, 3.8) is 0 Å². The number of likely N-dealkylation sites (tertiary alicyclic amines) is 1. The van der Waals surface area contributed by atoms with E-state index < -0.39 is 0 Å². The molecule has 19 heavy (non-hydrogen) atoms. The minimum atomic E-state index is -0.0954. The van der Waals surface area contributed by atoms with Gasteiger partial charge in [-0.3, -0.25) is 4.79 Å². The number of hydrogen-bond acceptors (Lipinski definition) is 3. The van der Waals surface area contributed by atoms with E-state index in [-0.39, 0.29) is 5.91 Å². The van der Waals surface area contributed by atoms with Gasteiger partial charge in [-0.2, -0.15) is 0 Å². The van der Waals surface area contributed by atoms with Crippen molar-refractivity contribution < 1.29 is 4.79 Å². The highest BCUT2D eigenvalue weighted by molar-refractivity contribution is 9.10. The fourth-order valence-corrected chi connectivity index (χ4v) is 2.72. The Hall–Kier alpha value is -1.07. The highest BCUT2D eigenvalue weighted by Crippen LogP contribution is 2.18. The molecule has 1 aliphatic rings. The van der Waals surface area contributed by atoms with Crippen molar-refractivity contribution in [1.29, 1.82) is 0 Å². The maximum absolute atomic E-state index is 12.0. The van der Waals surface area contributed by atoms with Crippen LogP contribution in [0.2, 0.25) is 0 Å². The second-order valence-corrected chi connectivity index (χ2v) is 5.81. The van der Waals surface area contributed by atoms with Crippen molar-refractivity contribution in [2.45, 2.75) is 19.3 Å². The van der Waals surface area contributed by atoms with Crippen LogP contribution in [0.25, 0.3) is 0 Å². The zero-order valence-electron chi connectivity index (χ0n) is 11.0. The van der Waals surface area contributed by atoms with E-state index in [9.17, 15) is 4.79 Å². The summed E-state index contributed by atoms with van der Waals surface area (Å²) in [5, 5.41) is 2.93. The van der Waals surface area contributed by atoms with Crippen LogP contribution in [0.5, 0.6) is 0 Å². The topological polar surface area (TPSA) is 58.4 Å². The van der Waals surface area contributed by atoms with Crippen LogP contribution in [0.4, 0.5) is 5.69 Å². The van der Waals surface area contributed by atoms with Crippen LogP contribution < -0.4 is 11.1 Å². The molecule has 1 aliphatic heterocycles. The predicted octanol–water partition coefficient (Wildman–Crippen LogP) is 2.25. The molecule has 0 spiro atoms. The lowest BCUT2D eigenvalue weighted by molar-refractivity contribution is 0.0947. The van der Waals surface area contributed by atoms with Gasteiger partial charge in [0.1, 0.15) is 0 Å². The average molecular weight is 326 g/mol. The minimum Gasteiger partial charge on any atom is -0.398 e. The molecule has 4 nitrogen and oxygen atoms in total. The van der Waals surface area contributed by atoms with Crippen LogP contribution in [0.3, 0.4) is 0 Å². The molecule has 3 N–H and O–H groups in total. The molecule has 1 fully saturated rings. The standard InChI is InChI=1S/C14H20BrN3O/c15-11-4-5-12(13(16)10-11)14(19)17-6-9-18-7-2-1-3-8-18/h4-5,10H,1-3,6-9,16H2,(H,17,19). The van der Waals surface area contributed by atoms with Crippen LogP contribution in [0, 0.1) is 0 Å². The van der Waals surface area contributed by atoms with Gasteiger partial charge in [-0.25, -0.2) is 0 Å². The number of anilines is 1. The molecular weight excluding hydrogens is 306 g/mol. The second-order valence-electron chi connectivity index (χ2n) is 4.89. The zero-order valence-corrected chi connectivity index (χ0v) is 12.6. The minimum absolute atomic E-state index is 0.0954. The maximum Gasteiger partial charge on any atom is 0.253 e. The SMILES string of the molecule is Nc1cc(Br)ccc1C(=O)NCCN1CCCCC1. The van der Waals surface area contributed by atoms with E-state index in [1.807, 2.05) is 6.07 Å². The van der Waals surface area contributed by atoms with Gasteiger partial charge in [-0.05, 0) is 44.1 Å². The van der Waals surface area contributed by atoms with E-state index in [2.05, 4.69) is 26.1 Å². The molecule has 1 aromatic rings. The number of nitrogens with two attached hydrogens (primary N) is 1. The molecule has 0 aromatic heterocycles. The zero-order chi connectivity index (χ0) is 13.7. The summed E-state index contributed by atoms with van der Waals surface area (Å²) in [4.78, 5) is 14.4.